The number of hydrogen-bond acceptors (Lipinski definition) is 3. The van der Waals surface area contributed by atoms with Gasteiger partial charge < -0.3 is 9.72 Å². The monoisotopic (exact) mass is 430 g/mol. The van der Waals surface area contributed by atoms with Crippen LogP contribution >= 0.6 is 0 Å². The van der Waals surface area contributed by atoms with E-state index in [1.807, 2.05) is 0 Å². The first-order chi connectivity index (χ1) is 15.3. The van der Waals surface area contributed by atoms with Crippen molar-refractivity contribution in [1.82, 2.24) is 9.88 Å². The quantitative estimate of drug-likeness (QED) is 0.397. The Labute approximate surface area is 191 Å². The summed E-state index contributed by atoms with van der Waals surface area (Å²) in [6.45, 7) is 10.1. The standard InChI is InChI=1S/C28H34N2O2/c1-28(2,3)27-26(23-9-5-6-10-24(23)29-27)22-8-7-17-30(19-22)18-21-13-11-20(12-14-21)15-16-25(31)32-4/h5-6,9-16,22,29H,7-8,17-19H2,1-4H3/b16-15+. The Balaban J connectivity index is 1.51. The number of likely N-dealkylation sites (tertiary alicyclic amines) is 1. The van der Waals surface area contributed by atoms with E-state index in [-0.39, 0.29) is 11.4 Å². The van der Waals surface area contributed by atoms with Crippen LogP contribution in [0.4, 0.5) is 0 Å². The summed E-state index contributed by atoms with van der Waals surface area (Å²) in [5, 5.41) is 1.38. The van der Waals surface area contributed by atoms with Crippen LogP contribution in [-0.4, -0.2) is 36.1 Å². The molecule has 0 saturated carbocycles. The first-order valence-electron chi connectivity index (χ1n) is 11.5. The first-order valence-corrected chi connectivity index (χ1v) is 11.5. The second-order valence-electron chi connectivity index (χ2n) is 9.88. The highest BCUT2D eigenvalue weighted by atomic mass is 16.5. The van der Waals surface area contributed by atoms with Crippen molar-refractivity contribution >= 4 is 22.9 Å². The molecule has 168 valence electrons. The fourth-order valence-corrected chi connectivity index (χ4v) is 4.84. The summed E-state index contributed by atoms with van der Waals surface area (Å²) in [5.74, 6) is 0.205. The summed E-state index contributed by atoms with van der Waals surface area (Å²) in [7, 11) is 1.39. The van der Waals surface area contributed by atoms with Crippen molar-refractivity contribution in [1.29, 1.82) is 0 Å². The summed E-state index contributed by atoms with van der Waals surface area (Å²) in [5.41, 5.74) is 6.54. The number of ether oxygens (including phenoxy) is 1. The molecular formula is C28H34N2O2. The molecule has 1 N–H and O–H groups in total. The van der Waals surface area contributed by atoms with Crippen molar-refractivity contribution < 1.29 is 9.53 Å². The van der Waals surface area contributed by atoms with Gasteiger partial charge >= 0.3 is 5.97 Å². The molecule has 2 heterocycles. The molecule has 2 aromatic carbocycles. The Bertz CT molecular complexity index is 1100. The second kappa shape index (κ2) is 9.33. The molecule has 4 nitrogen and oxygen atoms in total. The fourth-order valence-electron chi connectivity index (χ4n) is 4.84. The van der Waals surface area contributed by atoms with Gasteiger partial charge in [-0.1, -0.05) is 63.2 Å². The van der Waals surface area contributed by atoms with E-state index in [4.69, 9.17) is 0 Å². The van der Waals surface area contributed by atoms with Gasteiger partial charge in [-0.15, -0.1) is 0 Å². The number of carbonyl (C=O) groups excluding carboxylic acids is 1. The molecule has 1 fully saturated rings. The molecule has 4 rings (SSSR count). The van der Waals surface area contributed by atoms with E-state index in [0.717, 1.165) is 25.2 Å². The second-order valence-corrected chi connectivity index (χ2v) is 9.88. The van der Waals surface area contributed by atoms with Crippen molar-refractivity contribution in [3.63, 3.8) is 0 Å². The van der Waals surface area contributed by atoms with Crippen molar-refractivity contribution in [2.75, 3.05) is 20.2 Å². The van der Waals surface area contributed by atoms with Crippen LogP contribution in [0.1, 0.15) is 61.9 Å². The van der Waals surface area contributed by atoms with Gasteiger partial charge in [0.2, 0.25) is 0 Å². The minimum atomic E-state index is -0.333. The number of aromatic amines is 1. The average Bonchev–Trinajstić information content (AvgIpc) is 3.19. The molecule has 1 aliphatic rings. The van der Waals surface area contributed by atoms with Crippen LogP contribution in [0.2, 0.25) is 0 Å². The number of hydrogen-bond donors (Lipinski definition) is 1. The number of piperidine rings is 1. The number of fused-ring (bicyclic) bond motifs is 1. The zero-order valence-electron chi connectivity index (χ0n) is 19.7. The lowest BCUT2D eigenvalue weighted by molar-refractivity contribution is -0.134. The molecule has 1 aromatic heterocycles. The normalized spacial score (nSPS) is 17.8. The van der Waals surface area contributed by atoms with E-state index < -0.39 is 0 Å². The average molecular weight is 431 g/mol. The highest BCUT2D eigenvalue weighted by molar-refractivity contribution is 5.87. The number of nitrogens with zero attached hydrogens (tertiary/aromatic N) is 1. The highest BCUT2D eigenvalue weighted by Gasteiger charge is 2.30. The Morgan fingerprint density at radius 1 is 1.16 bits per heavy atom. The van der Waals surface area contributed by atoms with Crippen LogP contribution in [-0.2, 0) is 21.5 Å². The number of benzene rings is 2. The summed E-state index contributed by atoms with van der Waals surface area (Å²) in [6, 6.07) is 17.2. The summed E-state index contributed by atoms with van der Waals surface area (Å²) in [6.07, 6.45) is 5.70. The Morgan fingerprint density at radius 3 is 2.62 bits per heavy atom. The molecule has 1 unspecified atom stereocenters. The number of nitrogens with one attached hydrogen (secondary N) is 1. The van der Waals surface area contributed by atoms with Crippen LogP contribution in [0.15, 0.2) is 54.6 Å². The summed E-state index contributed by atoms with van der Waals surface area (Å²) >= 11 is 0. The molecule has 3 aromatic rings. The van der Waals surface area contributed by atoms with Crippen molar-refractivity contribution in [3.05, 3.63) is 77.0 Å². The Kier molecular flexibility index (Phi) is 6.52. The predicted molar refractivity (Wildman–Crippen MR) is 132 cm³/mol. The molecule has 0 bridgehead atoms. The van der Waals surface area contributed by atoms with Gasteiger partial charge in [-0.2, -0.15) is 0 Å². The van der Waals surface area contributed by atoms with E-state index in [2.05, 4.69) is 83.9 Å². The SMILES string of the molecule is COC(=O)/C=C/c1ccc(CN2CCCC(c3c(C(C)(C)C)[nH]c4ccccc34)C2)cc1. The first kappa shape index (κ1) is 22.3. The number of rotatable bonds is 5. The lowest BCUT2D eigenvalue weighted by Crippen LogP contribution is -2.34. The largest absolute Gasteiger partial charge is 0.466 e. The smallest absolute Gasteiger partial charge is 0.330 e. The van der Waals surface area contributed by atoms with Crippen LogP contribution in [0.5, 0.6) is 0 Å². The van der Waals surface area contributed by atoms with E-state index in [1.54, 1.807) is 6.08 Å². The zero-order chi connectivity index (χ0) is 22.7. The minimum absolute atomic E-state index is 0.0875. The Hall–Kier alpha value is -2.85. The van der Waals surface area contributed by atoms with E-state index >= 15 is 0 Å². The molecule has 0 aliphatic carbocycles. The van der Waals surface area contributed by atoms with Crippen LogP contribution in [0.3, 0.4) is 0 Å². The number of carbonyl (C=O) groups is 1. The van der Waals surface area contributed by atoms with Gasteiger partial charge in [0.25, 0.3) is 0 Å². The number of H-pyrrole nitrogens is 1. The van der Waals surface area contributed by atoms with Crippen molar-refractivity contribution in [3.8, 4) is 0 Å². The molecule has 0 spiro atoms. The predicted octanol–water partition coefficient (Wildman–Crippen LogP) is 6.03. The van der Waals surface area contributed by atoms with Crippen LogP contribution < -0.4 is 0 Å². The maximum absolute atomic E-state index is 11.3. The maximum Gasteiger partial charge on any atom is 0.330 e. The molecule has 0 radical (unpaired) electrons. The van der Waals surface area contributed by atoms with Gasteiger partial charge in [0.05, 0.1) is 7.11 Å². The van der Waals surface area contributed by atoms with Gasteiger partial charge in [0.1, 0.15) is 0 Å². The Morgan fingerprint density at radius 2 is 1.91 bits per heavy atom. The lowest BCUT2D eigenvalue weighted by Gasteiger charge is -2.34. The van der Waals surface area contributed by atoms with E-state index in [0.29, 0.717) is 5.92 Å². The van der Waals surface area contributed by atoms with Gasteiger partial charge in [-0.25, -0.2) is 4.79 Å². The van der Waals surface area contributed by atoms with Crippen molar-refractivity contribution in [2.45, 2.75) is 51.5 Å². The molecule has 1 saturated heterocycles. The number of esters is 1. The summed E-state index contributed by atoms with van der Waals surface area (Å²) < 4.78 is 4.66. The minimum Gasteiger partial charge on any atom is -0.466 e. The van der Waals surface area contributed by atoms with Crippen LogP contribution in [0.25, 0.3) is 17.0 Å². The molecule has 0 amide bonds. The van der Waals surface area contributed by atoms with Gasteiger partial charge in [0.15, 0.2) is 0 Å². The third kappa shape index (κ3) is 4.97. The van der Waals surface area contributed by atoms with E-state index in [1.165, 1.54) is 53.8 Å². The lowest BCUT2D eigenvalue weighted by atomic mass is 9.81. The maximum atomic E-state index is 11.3. The third-order valence-corrected chi connectivity index (χ3v) is 6.41. The fraction of sp³-hybridized carbons (Fsp3) is 0.393. The van der Waals surface area contributed by atoms with E-state index in [9.17, 15) is 4.79 Å². The zero-order valence-corrected chi connectivity index (χ0v) is 19.7. The third-order valence-electron chi connectivity index (χ3n) is 6.41. The van der Waals surface area contributed by atoms with Gasteiger partial charge in [0, 0.05) is 41.2 Å². The molecule has 1 atom stereocenters. The topological polar surface area (TPSA) is 45.3 Å². The molecule has 4 heteroatoms. The number of aromatic nitrogens is 1. The highest BCUT2D eigenvalue weighted by Crippen LogP contribution is 2.39. The molecule has 32 heavy (non-hydrogen) atoms. The molecule has 1 aliphatic heterocycles. The number of para-hydroxylation sites is 1. The van der Waals surface area contributed by atoms with Gasteiger partial charge in [-0.3, -0.25) is 4.90 Å². The summed E-state index contributed by atoms with van der Waals surface area (Å²) in [4.78, 5) is 17.6. The van der Waals surface area contributed by atoms with Crippen molar-refractivity contribution in [2.24, 2.45) is 0 Å². The number of methoxy groups -OCH3 is 1. The molecular weight excluding hydrogens is 396 g/mol. The van der Waals surface area contributed by atoms with Gasteiger partial charge in [-0.05, 0) is 54.1 Å². The van der Waals surface area contributed by atoms with Crippen LogP contribution in [0, 0.1) is 0 Å².